The Morgan fingerprint density at radius 3 is 2.97 bits per heavy atom. The summed E-state index contributed by atoms with van der Waals surface area (Å²) in [4.78, 5) is 41.2. The van der Waals surface area contributed by atoms with Crippen LogP contribution in [-0.2, 0) is 24.1 Å². The number of carbonyl (C=O) groups is 1. The zero-order chi connectivity index (χ0) is 20.0. The molecule has 4 aromatic heterocycles. The first-order chi connectivity index (χ1) is 14.1. The van der Waals surface area contributed by atoms with E-state index < -0.39 is 0 Å². The van der Waals surface area contributed by atoms with Crippen LogP contribution in [0.25, 0.3) is 20.8 Å². The van der Waals surface area contributed by atoms with E-state index in [0.29, 0.717) is 17.4 Å². The zero-order valence-electron chi connectivity index (χ0n) is 15.7. The first kappa shape index (κ1) is 18.7. The molecule has 1 aliphatic carbocycles. The van der Waals surface area contributed by atoms with Crippen LogP contribution in [0.3, 0.4) is 0 Å². The molecule has 29 heavy (non-hydrogen) atoms. The molecule has 0 saturated carbocycles. The van der Waals surface area contributed by atoms with Crippen molar-refractivity contribution >= 4 is 55.3 Å². The summed E-state index contributed by atoms with van der Waals surface area (Å²) in [5.74, 6) is 0.427. The van der Waals surface area contributed by atoms with E-state index in [9.17, 15) is 9.59 Å². The Bertz CT molecular complexity index is 1280. The van der Waals surface area contributed by atoms with Crippen LogP contribution in [-0.4, -0.2) is 20.9 Å². The Morgan fingerprint density at radius 2 is 2.14 bits per heavy atom. The molecular weight excluding hydrogens is 424 g/mol. The molecule has 0 fully saturated rings. The van der Waals surface area contributed by atoms with Gasteiger partial charge >= 0.3 is 0 Å². The third kappa shape index (κ3) is 3.65. The molecule has 0 unspecified atom stereocenters. The summed E-state index contributed by atoms with van der Waals surface area (Å²) in [6.45, 7) is 2.06. The monoisotopic (exact) mass is 442 g/mol. The second-order valence-corrected chi connectivity index (χ2v) is 10.3. The lowest BCUT2D eigenvalue weighted by Crippen LogP contribution is -2.16. The molecule has 4 heterocycles. The summed E-state index contributed by atoms with van der Waals surface area (Å²) in [5, 5.41) is 6.13. The number of aryl methyl sites for hydroxylation is 4. The summed E-state index contributed by atoms with van der Waals surface area (Å²) in [7, 11) is 0. The number of fused-ring (bicyclic) bond motifs is 3. The molecule has 0 saturated heterocycles. The van der Waals surface area contributed by atoms with Crippen molar-refractivity contribution in [1.29, 1.82) is 0 Å². The molecule has 0 bridgehead atoms. The molecule has 0 atom stereocenters. The summed E-state index contributed by atoms with van der Waals surface area (Å²) in [6, 6.07) is 4.10. The fourth-order valence-electron chi connectivity index (χ4n) is 3.60. The van der Waals surface area contributed by atoms with Gasteiger partial charge in [-0.15, -0.1) is 34.0 Å². The van der Waals surface area contributed by atoms with Crippen molar-refractivity contribution < 1.29 is 4.79 Å². The maximum Gasteiger partial charge on any atom is 0.259 e. The molecule has 1 amide bonds. The molecule has 4 aromatic rings. The van der Waals surface area contributed by atoms with Crippen molar-refractivity contribution in [2.75, 3.05) is 5.32 Å². The number of thiophene rings is 2. The molecule has 2 N–H and O–H groups in total. The third-order valence-electron chi connectivity index (χ3n) is 4.96. The van der Waals surface area contributed by atoms with Gasteiger partial charge in [-0.05, 0) is 43.9 Å². The van der Waals surface area contributed by atoms with Crippen LogP contribution in [0, 0.1) is 6.92 Å². The van der Waals surface area contributed by atoms with Crippen LogP contribution in [0.5, 0.6) is 0 Å². The number of anilines is 1. The van der Waals surface area contributed by atoms with Crippen LogP contribution in [0.4, 0.5) is 5.13 Å². The highest BCUT2D eigenvalue weighted by Gasteiger charge is 2.21. The Labute approximate surface area is 178 Å². The van der Waals surface area contributed by atoms with Crippen LogP contribution in [0.1, 0.15) is 34.0 Å². The lowest BCUT2D eigenvalue weighted by molar-refractivity contribution is -0.116. The summed E-state index contributed by atoms with van der Waals surface area (Å²) in [6.07, 6.45) is 3.74. The van der Waals surface area contributed by atoms with Crippen LogP contribution in [0.2, 0.25) is 0 Å². The van der Waals surface area contributed by atoms with Crippen molar-refractivity contribution in [3.05, 3.63) is 49.0 Å². The van der Waals surface area contributed by atoms with Crippen molar-refractivity contribution in [1.82, 2.24) is 15.0 Å². The average molecular weight is 443 g/mol. The Morgan fingerprint density at radius 1 is 1.24 bits per heavy atom. The molecule has 0 radical (unpaired) electrons. The molecule has 0 aromatic carbocycles. The predicted molar refractivity (Wildman–Crippen MR) is 119 cm³/mol. The highest BCUT2D eigenvalue weighted by Crippen LogP contribution is 2.34. The van der Waals surface area contributed by atoms with Crippen LogP contribution < -0.4 is 10.9 Å². The third-order valence-corrected chi connectivity index (χ3v) is 7.92. The average Bonchev–Trinajstić information content (AvgIpc) is 3.43. The topological polar surface area (TPSA) is 87.7 Å². The maximum atomic E-state index is 12.5. The second-order valence-electron chi connectivity index (χ2n) is 7.05. The van der Waals surface area contributed by atoms with Crippen LogP contribution >= 0.6 is 34.0 Å². The smallest absolute Gasteiger partial charge is 0.259 e. The SMILES string of the molecule is Cc1ccc(-c2csc(NC(=O)CCc3nc4sc5c(c4c(=O)[nH]3)CCC5)n2)s1. The minimum absolute atomic E-state index is 0.0828. The second kappa shape index (κ2) is 7.47. The predicted octanol–water partition coefficient (Wildman–Crippen LogP) is 4.54. The fourth-order valence-corrected chi connectivity index (χ4v) is 6.51. The number of nitrogens with one attached hydrogen (secondary N) is 2. The van der Waals surface area contributed by atoms with E-state index in [2.05, 4.69) is 33.3 Å². The lowest BCUT2D eigenvalue weighted by atomic mass is 10.2. The molecule has 5 rings (SSSR count). The largest absolute Gasteiger partial charge is 0.310 e. The Balaban J connectivity index is 1.25. The van der Waals surface area contributed by atoms with E-state index in [1.165, 1.54) is 26.7 Å². The highest BCUT2D eigenvalue weighted by atomic mass is 32.1. The number of aromatic nitrogens is 3. The minimum Gasteiger partial charge on any atom is -0.310 e. The van der Waals surface area contributed by atoms with E-state index >= 15 is 0 Å². The van der Waals surface area contributed by atoms with Gasteiger partial charge in [0.25, 0.3) is 5.56 Å². The minimum atomic E-state index is -0.135. The number of hydrogen-bond acceptors (Lipinski definition) is 7. The number of hydrogen-bond donors (Lipinski definition) is 2. The van der Waals surface area contributed by atoms with E-state index in [1.54, 1.807) is 22.7 Å². The van der Waals surface area contributed by atoms with Crippen molar-refractivity contribution in [3.8, 4) is 10.6 Å². The first-order valence-corrected chi connectivity index (χ1v) is 11.9. The quantitative estimate of drug-likeness (QED) is 0.475. The maximum absolute atomic E-state index is 12.5. The molecule has 6 nitrogen and oxygen atoms in total. The molecule has 0 aliphatic heterocycles. The number of aromatic amines is 1. The van der Waals surface area contributed by atoms with Gasteiger partial charge in [0.15, 0.2) is 5.13 Å². The first-order valence-electron chi connectivity index (χ1n) is 9.42. The van der Waals surface area contributed by atoms with Crippen molar-refractivity contribution in [2.45, 2.75) is 39.0 Å². The molecule has 0 spiro atoms. The molecule has 9 heteroatoms. The van der Waals surface area contributed by atoms with Gasteiger partial charge in [-0.1, -0.05) is 0 Å². The zero-order valence-corrected chi connectivity index (χ0v) is 18.2. The number of nitrogens with zero attached hydrogens (tertiary/aromatic N) is 2. The number of thiazole rings is 1. The summed E-state index contributed by atoms with van der Waals surface area (Å²) < 4.78 is 0. The van der Waals surface area contributed by atoms with Gasteiger partial charge in [-0.3, -0.25) is 9.59 Å². The lowest BCUT2D eigenvalue weighted by Gasteiger charge is -2.02. The van der Waals surface area contributed by atoms with Gasteiger partial charge in [0.1, 0.15) is 10.7 Å². The van der Waals surface area contributed by atoms with Gasteiger partial charge in [0, 0.05) is 28.0 Å². The van der Waals surface area contributed by atoms with Gasteiger partial charge < -0.3 is 10.3 Å². The number of rotatable bonds is 5. The summed E-state index contributed by atoms with van der Waals surface area (Å²) >= 11 is 4.71. The van der Waals surface area contributed by atoms with E-state index in [-0.39, 0.29) is 17.9 Å². The van der Waals surface area contributed by atoms with E-state index in [0.717, 1.165) is 40.1 Å². The fraction of sp³-hybridized carbons (Fsp3) is 0.300. The van der Waals surface area contributed by atoms with Crippen LogP contribution in [0.15, 0.2) is 22.3 Å². The number of carbonyl (C=O) groups excluding carboxylic acids is 1. The molecule has 148 valence electrons. The van der Waals surface area contributed by atoms with Crippen molar-refractivity contribution in [2.24, 2.45) is 0 Å². The van der Waals surface area contributed by atoms with Gasteiger partial charge in [0.05, 0.1) is 16.0 Å². The van der Waals surface area contributed by atoms with Crippen molar-refractivity contribution in [3.63, 3.8) is 0 Å². The van der Waals surface area contributed by atoms with E-state index in [4.69, 9.17) is 0 Å². The number of amides is 1. The Hall–Kier alpha value is -2.36. The van der Waals surface area contributed by atoms with E-state index in [1.807, 2.05) is 11.4 Å². The van der Waals surface area contributed by atoms with Gasteiger partial charge in [-0.2, -0.15) is 0 Å². The number of H-pyrrole nitrogens is 1. The molecular formula is C20H18N4O2S3. The van der Waals surface area contributed by atoms with Gasteiger partial charge in [0.2, 0.25) is 5.91 Å². The van der Waals surface area contributed by atoms with Gasteiger partial charge in [-0.25, -0.2) is 9.97 Å². The molecule has 1 aliphatic rings. The Kier molecular flexibility index (Phi) is 4.81. The summed E-state index contributed by atoms with van der Waals surface area (Å²) in [5.41, 5.74) is 1.97. The standard InChI is InChI=1S/C20H18N4O2S3/c1-10-5-6-14(28-10)12-9-27-20(21-12)24-16(25)8-7-15-22-18(26)17-11-3-2-4-13(11)29-19(17)23-15/h5-6,9H,2-4,7-8H2,1H3,(H,21,24,25)(H,22,23,26). The normalized spacial score (nSPS) is 13.1. The highest BCUT2D eigenvalue weighted by molar-refractivity contribution is 7.19.